The van der Waals surface area contributed by atoms with Gasteiger partial charge in [0, 0.05) is 6.54 Å². The van der Waals surface area contributed by atoms with Crippen molar-refractivity contribution in [1.82, 2.24) is 0 Å². The first kappa shape index (κ1) is 9.07. The molecule has 0 aromatic heterocycles. The van der Waals surface area contributed by atoms with Crippen molar-refractivity contribution in [3.8, 4) is 0 Å². The SMILES string of the molecule is CC(O)(CN)O[PH](=O)O. The third-order valence-corrected chi connectivity index (χ3v) is 1.30. The van der Waals surface area contributed by atoms with Crippen molar-refractivity contribution in [3.05, 3.63) is 0 Å². The first-order valence-electron chi connectivity index (χ1n) is 2.32. The highest BCUT2D eigenvalue weighted by atomic mass is 31.1. The monoisotopic (exact) mass is 155 g/mol. The van der Waals surface area contributed by atoms with Crippen molar-refractivity contribution in [1.29, 1.82) is 0 Å². The Morgan fingerprint density at radius 3 is 2.44 bits per heavy atom. The summed E-state index contributed by atoms with van der Waals surface area (Å²) in [7, 11) is -3.08. The minimum atomic E-state index is -3.08. The van der Waals surface area contributed by atoms with Gasteiger partial charge >= 0.3 is 8.25 Å². The number of aliphatic hydroxyl groups is 1. The Hall–Kier alpha value is 0.0700. The van der Waals surface area contributed by atoms with Crippen molar-refractivity contribution < 1.29 is 19.1 Å². The molecule has 0 fully saturated rings. The zero-order valence-corrected chi connectivity index (χ0v) is 6.00. The van der Waals surface area contributed by atoms with Crippen LogP contribution in [-0.2, 0) is 9.09 Å². The molecule has 0 bridgehead atoms. The molecule has 2 atom stereocenters. The van der Waals surface area contributed by atoms with Gasteiger partial charge in [0.15, 0.2) is 5.79 Å². The molecule has 6 heteroatoms. The summed E-state index contributed by atoms with van der Waals surface area (Å²) in [6, 6.07) is 0. The molecule has 0 aliphatic rings. The molecule has 0 saturated heterocycles. The van der Waals surface area contributed by atoms with E-state index in [2.05, 4.69) is 4.52 Å². The van der Waals surface area contributed by atoms with Crippen LogP contribution < -0.4 is 5.73 Å². The fraction of sp³-hybridized carbons (Fsp3) is 1.00. The van der Waals surface area contributed by atoms with Crippen LogP contribution in [0.25, 0.3) is 0 Å². The Morgan fingerprint density at radius 2 is 2.33 bits per heavy atom. The topological polar surface area (TPSA) is 92.8 Å². The Balaban J connectivity index is 3.71. The van der Waals surface area contributed by atoms with Gasteiger partial charge in [-0.3, -0.25) is 9.09 Å². The maximum absolute atomic E-state index is 9.92. The zero-order chi connectivity index (χ0) is 7.49. The summed E-state index contributed by atoms with van der Waals surface area (Å²) in [5.41, 5.74) is 4.95. The molecule has 0 aromatic rings. The van der Waals surface area contributed by atoms with Gasteiger partial charge in [-0.05, 0) is 6.92 Å². The van der Waals surface area contributed by atoms with Gasteiger partial charge in [-0.2, -0.15) is 0 Å². The quantitative estimate of drug-likeness (QED) is 0.361. The second-order valence-corrected chi connectivity index (χ2v) is 2.48. The fourth-order valence-electron chi connectivity index (χ4n) is 0.230. The minimum absolute atomic E-state index is 0.204. The molecule has 0 saturated carbocycles. The largest absolute Gasteiger partial charge is 0.364 e. The summed E-state index contributed by atoms with van der Waals surface area (Å²) in [6.07, 6.45) is 0. The third kappa shape index (κ3) is 4.57. The molecule has 9 heavy (non-hydrogen) atoms. The highest BCUT2D eigenvalue weighted by Crippen LogP contribution is 2.22. The zero-order valence-electron chi connectivity index (χ0n) is 5.00. The first-order valence-corrected chi connectivity index (χ1v) is 3.59. The van der Waals surface area contributed by atoms with E-state index in [-0.39, 0.29) is 6.54 Å². The standard InChI is InChI=1S/C3H10NO4P/c1-3(5,2-4)8-9(6)7/h5,9H,2,4H2,1H3,(H,6,7). The molecule has 0 radical (unpaired) electrons. The van der Waals surface area contributed by atoms with Crippen LogP contribution in [0.3, 0.4) is 0 Å². The van der Waals surface area contributed by atoms with Crippen molar-refractivity contribution in [2.75, 3.05) is 6.54 Å². The molecular weight excluding hydrogens is 145 g/mol. The van der Waals surface area contributed by atoms with Gasteiger partial charge in [0.25, 0.3) is 0 Å². The van der Waals surface area contributed by atoms with E-state index in [1.165, 1.54) is 6.92 Å². The Kier molecular flexibility index (Phi) is 3.32. The van der Waals surface area contributed by atoms with E-state index in [9.17, 15) is 4.57 Å². The van der Waals surface area contributed by atoms with E-state index >= 15 is 0 Å². The van der Waals surface area contributed by atoms with Crippen LogP contribution in [0.2, 0.25) is 0 Å². The smallest absolute Gasteiger partial charge is 0.319 e. The molecule has 0 aliphatic heterocycles. The van der Waals surface area contributed by atoms with Crippen molar-refractivity contribution in [2.24, 2.45) is 5.73 Å². The highest BCUT2D eigenvalue weighted by molar-refractivity contribution is 7.32. The summed E-state index contributed by atoms with van der Waals surface area (Å²) in [5, 5.41) is 8.81. The van der Waals surface area contributed by atoms with Crippen molar-refractivity contribution in [3.63, 3.8) is 0 Å². The van der Waals surface area contributed by atoms with Crippen LogP contribution in [0.5, 0.6) is 0 Å². The van der Waals surface area contributed by atoms with Crippen molar-refractivity contribution in [2.45, 2.75) is 12.7 Å². The lowest BCUT2D eigenvalue weighted by Gasteiger charge is -2.18. The first-order chi connectivity index (χ1) is 3.98. The Morgan fingerprint density at radius 1 is 1.89 bits per heavy atom. The predicted molar refractivity (Wildman–Crippen MR) is 32.0 cm³/mol. The van der Waals surface area contributed by atoms with Gasteiger partial charge in [0.1, 0.15) is 0 Å². The van der Waals surface area contributed by atoms with Crippen LogP contribution in [-0.4, -0.2) is 22.3 Å². The van der Waals surface area contributed by atoms with E-state index in [0.717, 1.165) is 0 Å². The van der Waals surface area contributed by atoms with E-state index in [4.69, 9.17) is 15.7 Å². The lowest BCUT2D eigenvalue weighted by Crippen LogP contribution is -2.34. The van der Waals surface area contributed by atoms with E-state index in [1.807, 2.05) is 0 Å². The van der Waals surface area contributed by atoms with Crippen LogP contribution in [0.15, 0.2) is 0 Å². The normalized spacial score (nSPS) is 20.9. The number of hydrogen-bond acceptors (Lipinski definition) is 4. The maximum Gasteiger partial charge on any atom is 0.319 e. The Bertz CT molecular complexity index is 114. The van der Waals surface area contributed by atoms with Gasteiger partial charge in [0.05, 0.1) is 0 Å². The highest BCUT2D eigenvalue weighted by Gasteiger charge is 2.20. The summed E-state index contributed by atoms with van der Waals surface area (Å²) >= 11 is 0. The lowest BCUT2D eigenvalue weighted by molar-refractivity contribution is -0.112. The number of hydrogen-bond donors (Lipinski definition) is 3. The summed E-state index contributed by atoms with van der Waals surface area (Å²) < 4.78 is 14.0. The van der Waals surface area contributed by atoms with Gasteiger partial charge in [0.2, 0.25) is 0 Å². The molecule has 2 unspecified atom stereocenters. The molecule has 0 amide bonds. The molecule has 4 N–H and O–H groups in total. The van der Waals surface area contributed by atoms with E-state index in [1.54, 1.807) is 0 Å². The average molecular weight is 155 g/mol. The van der Waals surface area contributed by atoms with Crippen LogP contribution >= 0.6 is 8.25 Å². The minimum Gasteiger partial charge on any atom is -0.364 e. The molecule has 0 spiro atoms. The number of rotatable bonds is 3. The predicted octanol–water partition coefficient (Wildman–Crippen LogP) is -0.948. The summed E-state index contributed by atoms with van der Waals surface area (Å²) in [4.78, 5) is 8.13. The summed E-state index contributed by atoms with van der Waals surface area (Å²) in [5.74, 6) is -1.68. The second-order valence-electron chi connectivity index (χ2n) is 1.75. The van der Waals surface area contributed by atoms with Crippen LogP contribution in [0.1, 0.15) is 6.92 Å². The molecule has 0 heterocycles. The molecule has 0 aliphatic carbocycles. The Labute approximate surface area is 53.4 Å². The van der Waals surface area contributed by atoms with Gasteiger partial charge < -0.3 is 15.7 Å². The maximum atomic E-state index is 9.92. The van der Waals surface area contributed by atoms with E-state index < -0.39 is 14.0 Å². The average Bonchev–Trinajstić information content (AvgIpc) is 1.63. The van der Waals surface area contributed by atoms with Crippen LogP contribution in [0, 0.1) is 0 Å². The second kappa shape index (κ2) is 3.29. The molecule has 5 nitrogen and oxygen atoms in total. The molecule has 56 valence electrons. The van der Waals surface area contributed by atoms with Crippen molar-refractivity contribution >= 4 is 8.25 Å². The lowest BCUT2D eigenvalue weighted by atomic mass is 10.3. The van der Waals surface area contributed by atoms with Gasteiger partial charge in [-0.25, -0.2) is 0 Å². The fourth-order valence-corrected chi connectivity index (χ4v) is 0.689. The van der Waals surface area contributed by atoms with Crippen LogP contribution in [0.4, 0.5) is 0 Å². The molecule has 0 aromatic carbocycles. The molecular formula is C3H10NO4P. The third-order valence-electron chi connectivity index (χ3n) is 0.686. The molecule has 0 rings (SSSR count). The number of nitrogens with two attached hydrogens (primary N) is 1. The van der Waals surface area contributed by atoms with Gasteiger partial charge in [-0.1, -0.05) is 0 Å². The van der Waals surface area contributed by atoms with Gasteiger partial charge in [-0.15, -0.1) is 0 Å². The summed E-state index contributed by atoms with van der Waals surface area (Å²) in [6.45, 7) is 1.01. The van der Waals surface area contributed by atoms with E-state index in [0.29, 0.717) is 0 Å².